The van der Waals surface area contributed by atoms with E-state index < -0.39 is 0 Å². The standard InChI is InChI=1S/C20H32NP/c1-16(21(2)3)19-14-9-15-20(19)22(18-12-7-8-13-18)17-10-5-4-6-11-17/h4-6,10-11,16,18-20H,7-9,12-15H2,1-3H3/t16-,19?,20?,22?/m0/s1. The molecule has 1 aromatic rings. The highest BCUT2D eigenvalue weighted by molar-refractivity contribution is 7.67. The number of rotatable bonds is 5. The maximum absolute atomic E-state index is 2.45. The fraction of sp³-hybridized carbons (Fsp3) is 0.700. The number of hydrogen-bond donors (Lipinski definition) is 0. The van der Waals surface area contributed by atoms with Crippen LogP contribution in [0.15, 0.2) is 30.3 Å². The SMILES string of the molecule is C[C@@H](C1CCCC1P(c1ccccc1)C1CCCC1)N(C)C. The van der Waals surface area contributed by atoms with Gasteiger partial charge in [-0.1, -0.05) is 57.5 Å². The topological polar surface area (TPSA) is 3.24 Å². The summed E-state index contributed by atoms with van der Waals surface area (Å²) in [4.78, 5) is 2.45. The van der Waals surface area contributed by atoms with Gasteiger partial charge in [-0.2, -0.15) is 0 Å². The molecule has 22 heavy (non-hydrogen) atoms. The smallest absolute Gasteiger partial charge is 0.00952 e. The maximum Gasteiger partial charge on any atom is 0.00952 e. The molecule has 2 aliphatic rings. The van der Waals surface area contributed by atoms with Crippen molar-refractivity contribution in [2.24, 2.45) is 5.92 Å². The van der Waals surface area contributed by atoms with Gasteiger partial charge in [0.15, 0.2) is 0 Å². The van der Waals surface area contributed by atoms with E-state index in [0.717, 1.165) is 23.3 Å². The first kappa shape index (κ1) is 16.5. The highest BCUT2D eigenvalue weighted by atomic mass is 31.1. The van der Waals surface area contributed by atoms with Gasteiger partial charge in [0.05, 0.1) is 0 Å². The lowest BCUT2D eigenvalue weighted by Crippen LogP contribution is -2.37. The lowest BCUT2D eigenvalue weighted by Gasteiger charge is -2.38. The minimum atomic E-state index is 0.0188. The van der Waals surface area contributed by atoms with Crippen molar-refractivity contribution in [3.05, 3.63) is 30.3 Å². The van der Waals surface area contributed by atoms with Crippen LogP contribution >= 0.6 is 7.92 Å². The molecule has 0 heterocycles. The van der Waals surface area contributed by atoms with Crippen LogP contribution in [0.2, 0.25) is 0 Å². The van der Waals surface area contributed by atoms with Gasteiger partial charge >= 0.3 is 0 Å². The minimum absolute atomic E-state index is 0.0188. The van der Waals surface area contributed by atoms with Crippen LogP contribution in [0.25, 0.3) is 0 Å². The molecule has 0 N–H and O–H groups in total. The van der Waals surface area contributed by atoms with E-state index in [2.05, 4.69) is 56.3 Å². The third kappa shape index (κ3) is 3.41. The normalized spacial score (nSPS) is 29.1. The van der Waals surface area contributed by atoms with Gasteiger partial charge in [0.1, 0.15) is 0 Å². The Kier molecular flexibility index (Phi) is 5.58. The molecule has 2 saturated carbocycles. The van der Waals surface area contributed by atoms with E-state index in [1.54, 1.807) is 5.30 Å². The predicted octanol–water partition coefficient (Wildman–Crippen LogP) is 4.86. The summed E-state index contributed by atoms with van der Waals surface area (Å²) in [7, 11) is 4.55. The van der Waals surface area contributed by atoms with Crippen molar-refractivity contribution in [2.75, 3.05) is 14.1 Å². The molecule has 0 amide bonds. The summed E-state index contributed by atoms with van der Waals surface area (Å²) in [5, 5.41) is 1.69. The maximum atomic E-state index is 2.45. The molecule has 4 atom stereocenters. The summed E-state index contributed by atoms with van der Waals surface area (Å²) in [5.74, 6) is 0.905. The summed E-state index contributed by atoms with van der Waals surface area (Å²) in [6, 6.07) is 12.3. The first-order chi connectivity index (χ1) is 10.7. The Labute approximate surface area is 138 Å². The minimum Gasteiger partial charge on any atom is -0.306 e. The van der Waals surface area contributed by atoms with Crippen LogP contribution < -0.4 is 5.30 Å². The average molecular weight is 317 g/mol. The molecule has 122 valence electrons. The number of hydrogen-bond acceptors (Lipinski definition) is 1. The monoisotopic (exact) mass is 317 g/mol. The van der Waals surface area contributed by atoms with Gasteiger partial charge in [0.2, 0.25) is 0 Å². The van der Waals surface area contributed by atoms with Gasteiger partial charge in [-0.15, -0.1) is 0 Å². The molecule has 1 nitrogen and oxygen atoms in total. The molecule has 2 fully saturated rings. The molecule has 2 heteroatoms. The van der Waals surface area contributed by atoms with Crippen LogP contribution in [-0.4, -0.2) is 36.4 Å². The molecule has 1 aromatic carbocycles. The summed E-state index contributed by atoms with van der Waals surface area (Å²) >= 11 is 0. The second-order valence-electron chi connectivity index (χ2n) is 7.55. The summed E-state index contributed by atoms with van der Waals surface area (Å²) in [6.45, 7) is 2.45. The molecule has 0 saturated heterocycles. The zero-order valence-electron chi connectivity index (χ0n) is 14.5. The fourth-order valence-corrected chi connectivity index (χ4v) is 8.77. The largest absolute Gasteiger partial charge is 0.306 e. The van der Waals surface area contributed by atoms with Crippen molar-refractivity contribution in [1.29, 1.82) is 0 Å². The van der Waals surface area contributed by atoms with Gasteiger partial charge in [-0.05, 0) is 69.2 Å². The molecular weight excluding hydrogens is 285 g/mol. The van der Waals surface area contributed by atoms with Crippen molar-refractivity contribution < 1.29 is 0 Å². The molecule has 3 unspecified atom stereocenters. The summed E-state index contributed by atoms with van der Waals surface area (Å²) in [5.41, 5.74) is 1.95. The quantitative estimate of drug-likeness (QED) is 0.701. The second-order valence-corrected chi connectivity index (χ2v) is 10.3. The Balaban J connectivity index is 1.88. The van der Waals surface area contributed by atoms with Crippen LogP contribution in [0.3, 0.4) is 0 Å². The molecule has 0 spiro atoms. The predicted molar refractivity (Wildman–Crippen MR) is 99.5 cm³/mol. The lowest BCUT2D eigenvalue weighted by molar-refractivity contribution is 0.232. The Hall–Kier alpha value is -0.390. The molecule has 0 radical (unpaired) electrons. The zero-order chi connectivity index (χ0) is 15.5. The Morgan fingerprint density at radius 3 is 2.27 bits per heavy atom. The molecular formula is C20H32NP. The molecule has 0 aliphatic heterocycles. The third-order valence-electron chi connectivity index (χ3n) is 6.10. The van der Waals surface area contributed by atoms with Gasteiger partial charge in [-0.25, -0.2) is 0 Å². The lowest BCUT2D eigenvalue weighted by atomic mass is 9.98. The van der Waals surface area contributed by atoms with Crippen molar-refractivity contribution in [3.63, 3.8) is 0 Å². The van der Waals surface area contributed by atoms with Crippen LogP contribution in [0.4, 0.5) is 0 Å². The van der Waals surface area contributed by atoms with Gasteiger partial charge in [0.25, 0.3) is 0 Å². The van der Waals surface area contributed by atoms with Crippen molar-refractivity contribution in [2.45, 2.75) is 69.2 Å². The first-order valence-electron chi connectivity index (χ1n) is 9.18. The Morgan fingerprint density at radius 1 is 0.955 bits per heavy atom. The van der Waals surface area contributed by atoms with E-state index in [1.807, 2.05) is 0 Å². The number of nitrogens with zero attached hydrogens (tertiary/aromatic N) is 1. The molecule has 0 bridgehead atoms. The summed E-state index contributed by atoms with van der Waals surface area (Å²) < 4.78 is 0. The van der Waals surface area contributed by atoms with Gasteiger partial charge in [0, 0.05) is 6.04 Å². The van der Waals surface area contributed by atoms with Crippen LogP contribution in [0.1, 0.15) is 51.9 Å². The van der Waals surface area contributed by atoms with Crippen LogP contribution in [0.5, 0.6) is 0 Å². The Morgan fingerprint density at radius 2 is 1.64 bits per heavy atom. The van der Waals surface area contributed by atoms with E-state index in [9.17, 15) is 0 Å². The first-order valence-corrected chi connectivity index (χ1v) is 10.7. The molecule has 0 aromatic heterocycles. The number of benzene rings is 1. The van der Waals surface area contributed by atoms with E-state index in [4.69, 9.17) is 0 Å². The van der Waals surface area contributed by atoms with Crippen molar-refractivity contribution in [3.8, 4) is 0 Å². The second kappa shape index (κ2) is 7.45. The van der Waals surface area contributed by atoms with Gasteiger partial charge in [-0.3, -0.25) is 0 Å². The third-order valence-corrected chi connectivity index (χ3v) is 9.65. The zero-order valence-corrected chi connectivity index (χ0v) is 15.4. The average Bonchev–Trinajstić information content (AvgIpc) is 3.20. The van der Waals surface area contributed by atoms with E-state index in [-0.39, 0.29) is 7.92 Å². The van der Waals surface area contributed by atoms with E-state index in [0.29, 0.717) is 0 Å². The van der Waals surface area contributed by atoms with E-state index in [1.165, 1.54) is 44.9 Å². The van der Waals surface area contributed by atoms with Crippen molar-refractivity contribution in [1.82, 2.24) is 4.90 Å². The highest BCUT2D eigenvalue weighted by Crippen LogP contribution is 2.58. The highest BCUT2D eigenvalue weighted by Gasteiger charge is 2.41. The molecule has 2 aliphatic carbocycles. The fourth-order valence-electron chi connectivity index (χ4n) is 4.72. The summed E-state index contributed by atoms with van der Waals surface area (Å²) in [6.07, 6.45) is 10.3. The van der Waals surface area contributed by atoms with Gasteiger partial charge < -0.3 is 4.90 Å². The van der Waals surface area contributed by atoms with Crippen LogP contribution in [-0.2, 0) is 0 Å². The molecule has 3 rings (SSSR count). The Bertz CT molecular complexity index is 452. The van der Waals surface area contributed by atoms with Crippen molar-refractivity contribution >= 4 is 13.2 Å². The van der Waals surface area contributed by atoms with Crippen LogP contribution in [0, 0.1) is 5.92 Å². The van der Waals surface area contributed by atoms with E-state index >= 15 is 0 Å².